The molecule has 0 saturated heterocycles. The third-order valence-electron chi connectivity index (χ3n) is 12.0. The molecule has 0 spiro atoms. The predicted molar refractivity (Wildman–Crippen MR) is 242 cm³/mol. The summed E-state index contributed by atoms with van der Waals surface area (Å²) in [7, 11) is 0. The standard InChI is InChI=1S/C55H36FN/c1-3-42-34(2)57(41-17-5-4-6-18-41)52-28-27-38(32-50(42)52)49-33-51(56)55(44-20-10-9-19-43(44)49)54-47-23-13-11-21-45(47)53(46-22-12-14-24-48(46)54)39-26-25-37-29-35-15-7-8-16-36(35)30-40(37)31-39/h3-33H,1H2,2H3. The Morgan fingerprint density at radius 2 is 0.965 bits per heavy atom. The Kier molecular flexibility index (Phi) is 7.49. The normalized spacial score (nSPS) is 11.8. The number of hydrogen-bond donors (Lipinski definition) is 0. The van der Waals surface area contributed by atoms with E-state index in [0.717, 1.165) is 88.0 Å². The molecule has 0 amide bonds. The van der Waals surface area contributed by atoms with E-state index in [2.05, 4.69) is 182 Å². The SMILES string of the molecule is C=Cc1c(C)n(-c2ccccc2)c2ccc(-c3cc(F)c(-c4c5ccccc5c(-c5ccc6cc7ccccc7cc6c5)c5ccccc45)c4ccccc34)cc12. The molecule has 0 aliphatic carbocycles. The van der Waals surface area contributed by atoms with Gasteiger partial charge in [-0.15, -0.1) is 0 Å². The molecule has 11 rings (SSSR count). The number of para-hydroxylation sites is 1. The van der Waals surface area contributed by atoms with Crippen molar-refractivity contribution in [2.24, 2.45) is 0 Å². The Morgan fingerprint density at radius 3 is 1.61 bits per heavy atom. The monoisotopic (exact) mass is 729 g/mol. The number of rotatable bonds is 5. The zero-order chi connectivity index (χ0) is 38.2. The van der Waals surface area contributed by atoms with Crippen molar-refractivity contribution >= 4 is 70.8 Å². The summed E-state index contributed by atoms with van der Waals surface area (Å²) in [5.74, 6) is -0.244. The summed E-state index contributed by atoms with van der Waals surface area (Å²) in [4.78, 5) is 0. The highest BCUT2D eigenvalue weighted by Crippen LogP contribution is 2.48. The van der Waals surface area contributed by atoms with Gasteiger partial charge in [0.15, 0.2) is 0 Å². The van der Waals surface area contributed by atoms with Gasteiger partial charge in [-0.1, -0.05) is 146 Å². The molecule has 10 aromatic carbocycles. The fourth-order valence-corrected chi connectivity index (χ4v) is 9.42. The molecule has 0 unspecified atom stereocenters. The Morgan fingerprint density at radius 1 is 0.439 bits per heavy atom. The molecular formula is C55H36FN. The van der Waals surface area contributed by atoms with E-state index in [1.54, 1.807) is 6.07 Å². The number of aromatic nitrogens is 1. The minimum Gasteiger partial charge on any atom is -0.313 e. The summed E-state index contributed by atoms with van der Waals surface area (Å²) in [6.45, 7) is 6.32. The molecule has 0 atom stereocenters. The van der Waals surface area contributed by atoms with Crippen LogP contribution in [0.15, 0.2) is 189 Å². The van der Waals surface area contributed by atoms with Crippen LogP contribution in [-0.2, 0) is 0 Å². The quantitative estimate of drug-likeness (QED) is 0.155. The zero-order valence-corrected chi connectivity index (χ0v) is 31.4. The smallest absolute Gasteiger partial charge is 0.132 e. The average Bonchev–Trinajstić information content (AvgIpc) is 3.54. The molecule has 57 heavy (non-hydrogen) atoms. The summed E-state index contributed by atoms with van der Waals surface area (Å²) in [6, 6.07) is 63.8. The summed E-state index contributed by atoms with van der Waals surface area (Å²) < 4.78 is 19.7. The van der Waals surface area contributed by atoms with Crippen molar-refractivity contribution in [2.45, 2.75) is 6.92 Å². The van der Waals surface area contributed by atoms with E-state index in [4.69, 9.17) is 0 Å². The van der Waals surface area contributed by atoms with Gasteiger partial charge in [0.25, 0.3) is 0 Å². The fraction of sp³-hybridized carbons (Fsp3) is 0.0182. The molecule has 0 radical (unpaired) electrons. The van der Waals surface area contributed by atoms with Crippen LogP contribution in [0.3, 0.4) is 0 Å². The number of benzene rings is 10. The Bertz CT molecular complexity index is 3390. The van der Waals surface area contributed by atoms with E-state index in [1.165, 1.54) is 21.5 Å². The van der Waals surface area contributed by atoms with Crippen LogP contribution in [0.4, 0.5) is 4.39 Å². The third-order valence-corrected chi connectivity index (χ3v) is 12.0. The van der Waals surface area contributed by atoms with E-state index in [0.29, 0.717) is 5.56 Å². The Labute approximate surface area is 330 Å². The van der Waals surface area contributed by atoms with Crippen LogP contribution in [-0.4, -0.2) is 4.57 Å². The molecule has 1 nitrogen and oxygen atoms in total. The number of halogens is 1. The molecule has 2 heteroatoms. The second-order valence-electron chi connectivity index (χ2n) is 15.0. The minimum atomic E-state index is -0.244. The van der Waals surface area contributed by atoms with Gasteiger partial charge in [0.2, 0.25) is 0 Å². The van der Waals surface area contributed by atoms with Crippen molar-refractivity contribution in [1.29, 1.82) is 0 Å². The number of nitrogens with zero attached hydrogens (tertiary/aromatic N) is 1. The Balaban J connectivity index is 1.15. The van der Waals surface area contributed by atoms with Crippen LogP contribution in [0.5, 0.6) is 0 Å². The van der Waals surface area contributed by atoms with Gasteiger partial charge in [-0.25, -0.2) is 4.39 Å². The molecule has 0 aliphatic heterocycles. The maximum absolute atomic E-state index is 17.5. The topological polar surface area (TPSA) is 4.93 Å². The predicted octanol–water partition coefficient (Wildman–Crippen LogP) is 15.5. The molecule has 1 heterocycles. The molecule has 0 aliphatic rings. The maximum Gasteiger partial charge on any atom is 0.132 e. The number of fused-ring (bicyclic) bond motifs is 6. The van der Waals surface area contributed by atoms with Gasteiger partial charge < -0.3 is 4.57 Å². The first-order valence-corrected chi connectivity index (χ1v) is 19.5. The lowest BCUT2D eigenvalue weighted by atomic mass is 9.83. The highest BCUT2D eigenvalue weighted by Gasteiger charge is 2.23. The Hall–Kier alpha value is -7.29. The van der Waals surface area contributed by atoms with Gasteiger partial charge in [0.05, 0.1) is 5.52 Å². The highest BCUT2D eigenvalue weighted by molar-refractivity contribution is 6.24. The van der Waals surface area contributed by atoms with Gasteiger partial charge >= 0.3 is 0 Å². The third kappa shape index (κ3) is 5.08. The fourth-order valence-electron chi connectivity index (χ4n) is 9.42. The van der Waals surface area contributed by atoms with E-state index >= 15 is 4.39 Å². The minimum absolute atomic E-state index is 0.244. The van der Waals surface area contributed by atoms with E-state index in [-0.39, 0.29) is 5.82 Å². The molecule has 11 aromatic rings. The molecule has 268 valence electrons. The maximum atomic E-state index is 17.5. The molecule has 1 aromatic heterocycles. The van der Waals surface area contributed by atoms with E-state index in [9.17, 15) is 0 Å². The largest absolute Gasteiger partial charge is 0.313 e. The number of hydrogen-bond acceptors (Lipinski definition) is 0. The lowest BCUT2D eigenvalue weighted by Gasteiger charge is -2.20. The first kappa shape index (κ1) is 33.1. The van der Waals surface area contributed by atoms with Crippen molar-refractivity contribution in [3.8, 4) is 39.1 Å². The lowest BCUT2D eigenvalue weighted by molar-refractivity contribution is 0.633. The van der Waals surface area contributed by atoms with Gasteiger partial charge in [-0.3, -0.25) is 0 Å². The molecule has 0 N–H and O–H groups in total. The average molecular weight is 730 g/mol. The zero-order valence-electron chi connectivity index (χ0n) is 31.4. The van der Waals surface area contributed by atoms with Crippen LogP contribution >= 0.6 is 0 Å². The molecule has 0 fully saturated rings. The first-order valence-electron chi connectivity index (χ1n) is 19.5. The van der Waals surface area contributed by atoms with E-state index in [1.807, 2.05) is 18.2 Å². The molecular weight excluding hydrogens is 694 g/mol. The lowest BCUT2D eigenvalue weighted by Crippen LogP contribution is -1.96. The van der Waals surface area contributed by atoms with Gasteiger partial charge in [0.1, 0.15) is 5.82 Å². The summed E-state index contributed by atoms with van der Waals surface area (Å²) in [6.07, 6.45) is 1.93. The summed E-state index contributed by atoms with van der Waals surface area (Å²) in [5.41, 5.74) is 10.1. The second-order valence-corrected chi connectivity index (χ2v) is 15.0. The van der Waals surface area contributed by atoms with Crippen LogP contribution in [0.2, 0.25) is 0 Å². The molecule has 0 saturated carbocycles. The van der Waals surface area contributed by atoms with Crippen molar-refractivity contribution < 1.29 is 4.39 Å². The van der Waals surface area contributed by atoms with Crippen molar-refractivity contribution in [3.63, 3.8) is 0 Å². The van der Waals surface area contributed by atoms with Gasteiger partial charge in [0, 0.05) is 33.5 Å². The van der Waals surface area contributed by atoms with Gasteiger partial charge in [-0.2, -0.15) is 0 Å². The van der Waals surface area contributed by atoms with Gasteiger partial charge in [-0.05, 0) is 132 Å². The summed E-state index contributed by atoms with van der Waals surface area (Å²) in [5, 5.41) is 12.1. The van der Waals surface area contributed by atoms with E-state index < -0.39 is 0 Å². The van der Waals surface area contributed by atoms with Crippen LogP contribution in [0.1, 0.15) is 11.3 Å². The van der Waals surface area contributed by atoms with Crippen molar-refractivity contribution in [2.75, 3.05) is 0 Å². The summed E-state index contributed by atoms with van der Waals surface area (Å²) >= 11 is 0. The molecule has 0 bridgehead atoms. The highest BCUT2D eigenvalue weighted by atomic mass is 19.1. The second kappa shape index (κ2) is 12.9. The van der Waals surface area contributed by atoms with Crippen molar-refractivity contribution in [1.82, 2.24) is 4.57 Å². The van der Waals surface area contributed by atoms with Crippen LogP contribution in [0.25, 0.3) is 110 Å². The first-order chi connectivity index (χ1) is 28.1. The van der Waals surface area contributed by atoms with Crippen LogP contribution < -0.4 is 0 Å². The van der Waals surface area contributed by atoms with Crippen molar-refractivity contribution in [3.05, 3.63) is 206 Å². The van der Waals surface area contributed by atoms with Crippen LogP contribution in [0, 0.1) is 12.7 Å².